The predicted molar refractivity (Wildman–Crippen MR) is 81.5 cm³/mol. The largest absolute Gasteiger partial charge is 0.385 e. The maximum Gasteiger partial charge on any atom is 0.270 e. The third-order valence-corrected chi connectivity index (χ3v) is 3.59. The number of hydrogen-bond acceptors (Lipinski definition) is 5. The van der Waals surface area contributed by atoms with Crippen LogP contribution in [-0.2, 0) is 4.74 Å². The van der Waals surface area contributed by atoms with Crippen molar-refractivity contribution < 1.29 is 9.53 Å². The molecular weight excluding hydrogens is 268 g/mol. The molecule has 0 atom stereocenters. The highest BCUT2D eigenvalue weighted by Gasteiger charge is 2.19. The summed E-state index contributed by atoms with van der Waals surface area (Å²) >= 11 is 0. The number of nitrogens with zero attached hydrogens (tertiary/aromatic N) is 2. The minimum atomic E-state index is -0.104. The Bertz CT molecular complexity index is 473. The molecule has 2 rings (SSSR count). The Hall–Kier alpha value is -1.69. The summed E-state index contributed by atoms with van der Waals surface area (Å²) in [4.78, 5) is 20.8. The summed E-state index contributed by atoms with van der Waals surface area (Å²) in [6, 6.07) is 2.02. The SMILES string of the molecule is COCCCNc1nc(C)cc(C(=O)NC2CCCC2)n1. The third-order valence-electron chi connectivity index (χ3n) is 3.59. The quantitative estimate of drug-likeness (QED) is 0.751. The first-order valence-corrected chi connectivity index (χ1v) is 7.58. The highest BCUT2D eigenvalue weighted by atomic mass is 16.5. The fraction of sp³-hybridized carbons (Fsp3) is 0.667. The van der Waals surface area contributed by atoms with Gasteiger partial charge in [-0.2, -0.15) is 0 Å². The van der Waals surface area contributed by atoms with Crippen molar-refractivity contribution in [1.29, 1.82) is 0 Å². The molecule has 6 nitrogen and oxygen atoms in total. The lowest BCUT2D eigenvalue weighted by atomic mass is 10.2. The first-order chi connectivity index (χ1) is 10.2. The summed E-state index contributed by atoms with van der Waals surface area (Å²) in [5.41, 5.74) is 1.22. The predicted octanol–water partition coefficient (Wildman–Crippen LogP) is 1.91. The number of aromatic nitrogens is 2. The fourth-order valence-corrected chi connectivity index (χ4v) is 2.51. The molecule has 0 aromatic carbocycles. The Morgan fingerprint density at radius 2 is 2.14 bits per heavy atom. The molecule has 1 aromatic heterocycles. The van der Waals surface area contributed by atoms with Crippen molar-refractivity contribution in [2.45, 2.75) is 45.1 Å². The molecule has 1 aliphatic carbocycles. The first kappa shape index (κ1) is 15.7. The molecule has 1 aliphatic rings. The van der Waals surface area contributed by atoms with E-state index in [0.29, 0.717) is 24.3 Å². The average molecular weight is 292 g/mol. The van der Waals surface area contributed by atoms with Crippen molar-refractivity contribution >= 4 is 11.9 Å². The lowest BCUT2D eigenvalue weighted by molar-refractivity contribution is 0.0932. The molecule has 0 bridgehead atoms. The molecule has 1 heterocycles. The molecule has 0 saturated heterocycles. The normalized spacial score (nSPS) is 15.1. The monoisotopic (exact) mass is 292 g/mol. The van der Waals surface area contributed by atoms with Crippen LogP contribution in [0.2, 0.25) is 0 Å². The van der Waals surface area contributed by atoms with E-state index in [9.17, 15) is 4.79 Å². The van der Waals surface area contributed by atoms with Crippen LogP contribution in [-0.4, -0.2) is 42.2 Å². The number of carbonyl (C=O) groups excluding carboxylic acids is 1. The molecule has 0 spiro atoms. The van der Waals surface area contributed by atoms with Gasteiger partial charge in [-0.1, -0.05) is 12.8 Å². The molecule has 116 valence electrons. The molecule has 1 saturated carbocycles. The Labute approximate surface area is 125 Å². The molecule has 2 N–H and O–H groups in total. The van der Waals surface area contributed by atoms with E-state index in [0.717, 1.165) is 31.5 Å². The second kappa shape index (κ2) is 7.93. The van der Waals surface area contributed by atoms with E-state index < -0.39 is 0 Å². The van der Waals surface area contributed by atoms with E-state index >= 15 is 0 Å². The van der Waals surface area contributed by atoms with Crippen LogP contribution in [0.15, 0.2) is 6.07 Å². The number of carbonyl (C=O) groups is 1. The number of hydrogen-bond donors (Lipinski definition) is 2. The van der Waals surface area contributed by atoms with Crippen LogP contribution in [0.25, 0.3) is 0 Å². The minimum absolute atomic E-state index is 0.104. The van der Waals surface area contributed by atoms with Crippen LogP contribution < -0.4 is 10.6 Å². The number of methoxy groups -OCH3 is 1. The van der Waals surface area contributed by atoms with Gasteiger partial charge in [-0.05, 0) is 32.3 Å². The van der Waals surface area contributed by atoms with Crippen LogP contribution in [0.5, 0.6) is 0 Å². The zero-order valence-electron chi connectivity index (χ0n) is 12.8. The molecule has 0 unspecified atom stereocenters. The number of anilines is 1. The van der Waals surface area contributed by atoms with Gasteiger partial charge in [0.2, 0.25) is 5.95 Å². The summed E-state index contributed by atoms with van der Waals surface area (Å²) < 4.78 is 4.99. The van der Waals surface area contributed by atoms with Gasteiger partial charge in [0.05, 0.1) is 0 Å². The smallest absolute Gasteiger partial charge is 0.270 e. The number of aryl methyl sites for hydroxylation is 1. The summed E-state index contributed by atoms with van der Waals surface area (Å²) in [7, 11) is 1.68. The fourth-order valence-electron chi connectivity index (χ4n) is 2.51. The van der Waals surface area contributed by atoms with Crippen LogP contribution in [0.1, 0.15) is 48.3 Å². The van der Waals surface area contributed by atoms with E-state index in [2.05, 4.69) is 20.6 Å². The van der Waals surface area contributed by atoms with Gasteiger partial charge in [-0.15, -0.1) is 0 Å². The zero-order valence-corrected chi connectivity index (χ0v) is 12.8. The van der Waals surface area contributed by atoms with Crippen LogP contribution >= 0.6 is 0 Å². The Kier molecular flexibility index (Phi) is 5.92. The summed E-state index contributed by atoms with van der Waals surface area (Å²) in [5.74, 6) is 0.398. The van der Waals surface area contributed by atoms with Gasteiger partial charge in [0.1, 0.15) is 5.69 Å². The highest BCUT2D eigenvalue weighted by molar-refractivity contribution is 5.92. The molecule has 1 aromatic rings. The number of ether oxygens (including phenoxy) is 1. The van der Waals surface area contributed by atoms with Crippen molar-refractivity contribution in [3.8, 4) is 0 Å². The van der Waals surface area contributed by atoms with Crippen molar-refractivity contribution in [2.75, 3.05) is 25.6 Å². The molecule has 1 amide bonds. The second-order valence-electron chi connectivity index (χ2n) is 5.45. The lowest BCUT2D eigenvalue weighted by Crippen LogP contribution is -2.33. The maximum absolute atomic E-state index is 12.2. The van der Waals surface area contributed by atoms with Gasteiger partial charge in [-0.25, -0.2) is 9.97 Å². The van der Waals surface area contributed by atoms with Crippen molar-refractivity contribution in [3.05, 3.63) is 17.5 Å². The Morgan fingerprint density at radius 1 is 1.38 bits per heavy atom. The van der Waals surface area contributed by atoms with Crippen LogP contribution in [0.4, 0.5) is 5.95 Å². The number of nitrogens with one attached hydrogen (secondary N) is 2. The molecular formula is C15H24N4O2. The van der Waals surface area contributed by atoms with Gasteiger partial charge in [0, 0.05) is 32.0 Å². The van der Waals surface area contributed by atoms with Gasteiger partial charge in [0.15, 0.2) is 0 Å². The zero-order chi connectivity index (χ0) is 15.1. The Morgan fingerprint density at radius 3 is 2.86 bits per heavy atom. The highest BCUT2D eigenvalue weighted by Crippen LogP contribution is 2.18. The molecule has 21 heavy (non-hydrogen) atoms. The lowest BCUT2D eigenvalue weighted by Gasteiger charge is -2.12. The van der Waals surface area contributed by atoms with Crippen LogP contribution in [0, 0.1) is 6.92 Å². The van der Waals surface area contributed by atoms with E-state index in [1.807, 2.05) is 6.92 Å². The van der Waals surface area contributed by atoms with Crippen molar-refractivity contribution in [1.82, 2.24) is 15.3 Å². The van der Waals surface area contributed by atoms with Gasteiger partial charge in [0.25, 0.3) is 5.91 Å². The van der Waals surface area contributed by atoms with E-state index in [1.54, 1.807) is 13.2 Å². The molecule has 0 radical (unpaired) electrons. The Balaban J connectivity index is 1.94. The van der Waals surface area contributed by atoms with E-state index in [4.69, 9.17) is 4.74 Å². The van der Waals surface area contributed by atoms with Gasteiger partial charge >= 0.3 is 0 Å². The number of amides is 1. The van der Waals surface area contributed by atoms with Crippen molar-refractivity contribution in [2.24, 2.45) is 0 Å². The van der Waals surface area contributed by atoms with Gasteiger partial charge < -0.3 is 15.4 Å². The summed E-state index contributed by atoms with van der Waals surface area (Å²) in [6.45, 7) is 3.28. The summed E-state index contributed by atoms with van der Waals surface area (Å²) in [6.07, 6.45) is 5.40. The second-order valence-corrected chi connectivity index (χ2v) is 5.45. The standard InChI is InChI=1S/C15H24N4O2/c1-11-10-13(14(20)18-12-6-3-4-7-12)19-15(17-11)16-8-5-9-21-2/h10,12H,3-9H2,1-2H3,(H,18,20)(H,16,17,19). The van der Waals surface area contributed by atoms with Gasteiger partial charge in [-0.3, -0.25) is 4.79 Å². The summed E-state index contributed by atoms with van der Waals surface area (Å²) in [5, 5.41) is 6.18. The third kappa shape index (κ3) is 4.97. The number of rotatable bonds is 7. The minimum Gasteiger partial charge on any atom is -0.385 e. The molecule has 6 heteroatoms. The van der Waals surface area contributed by atoms with E-state index in [1.165, 1.54) is 12.8 Å². The van der Waals surface area contributed by atoms with E-state index in [-0.39, 0.29) is 5.91 Å². The maximum atomic E-state index is 12.2. The van der Waals surface area contributed by atoms with Crippen LogP contribution in [0.3, 0.4) is 0 Å². The topological polar surface area (TPSA) is 76.1 Å². The first-order valence-electron chi connectivity index (χ1n) is 7.58. The molecule has 0 aliphatic heterocycles. The molecule has 1 fully saturated rings. The average Bonchev–Trinajstić information content (AvgIpc) is 2.96. The van der Waals surface area contributed by atoms with Crippen molar-refractivity contribution in [3.63, 3.8) is 0 Å².